The zero-order valence-electron chi connectivity index (χ0n) is 8.73. The van der Waals surface area contributed by atoms with Crippen molar-refractivity contribution in [3.05, 3.63) is 23.8 Å². The van der Waals surface area contributed by atoms with E-state index in [1.54, 1.807) is 0 Å². The summed E-state index contributed by atoms with van der Waals surface area (Å²) in [6, 6.07) is 5.92. The zero-order chi connectivity index (χ0) is 9.97. The van der Waals surface area contributed by atoms with Crippen LogP contribution in [0.15, 0.2) is 18.2 Å². The van der Waals surface area contributed by atoms with Crippen molar-refractivity contribution < 1.29 is 9.47 Å². The Morgan fingerprint density at radius 3 is 2.93 bits per heavy atom. The van der Waals surface area contributed by atoms with Crippen LogP contribution in [0.1, 0.15) is 31.4 Å². The third-order valence-electron chi connectivity index (χ3n) is 2.43. The number of fused-ring (bicyclic) bond motifs is 1. The number of benzene rings is 1. The summed E-state index contributed by atoms with van der Waals surface area (Å²) in [7, 11) is 0. The van der Waals surface area contributed by atoms with E-state index in [0.717, 1.165) is 29.9 Å². The summed E-state index contributed by atoms with van der Waals surface area (Å²) >= 11 is 0. The summed E-state index contributed by atoms with van der Waals surface area (Å²) in [5, 5.41) is 0. The largest absolute Gasteiger partial charge is 0.454 e. The highest BCUT2D eigenvalue weighted by Crippen LogP contribution is 2.38. The Morgan fingerprint density at radius 2 is 2.20 bits per heavy atom. The van der Waals surface area contributed by atoms with E-state index in [4.69, 9.17) is 15.2 Å². The van der Waals surface area contributed by atoms with Gasteiger partial charge in [0, 0.05) is 11.6 Å². The van der Waals surface area contributed by atoms with Crippen LogP contribution in [0.5, 0.6) is 11.5 Å². The Balaban J connectivity index is 0.00000112. The molecule has 0 spiro atoms. The van der Waals surface area contributed by atoms with Crippen LogP contribution in [-0.2, 0) is 0 Å². The number of hydrogen-bond acceptors (Lipinski definition) is 3. The first kappa shape index (κ1) is 12.1. The number of ether oxygens (including phenoxy) is 2. The number of para-hydroxylation sites is 1. The molecule has 1 aliphatic heterocycles. The van der Waals surface area contributed by atoms with Crippen molar-refractivity contribution in [2.24, 2.45) is 5.73 Å². The smallest absolute Gasteiger partial charge is 0.231 e. The van der Waals surface area contributed by atoms with Crippen LogP contribution in [-0.4, -0.2) is 6.79 Å². The molecular weight excluding hydrogens is 214 g/mol. The highest BCUT2D eigenvalue weighted by atomic mass is 35.5. The normalized spacial score (nSPS) is 14.5. The van der Waals surface area contributed by atoms with Gasteiger partial charge in [0.05, 0.1) is 0 Å². The molecule has 0 radical (unpaired) electrons. The molecule has 4 heteroatoms. The third-order valence-corrected chi connectivity index (χ3v) is 2.43. The van der Waals surface area contributed by atoms with Crippen molar-refractivity contribution in [3.63, 3.8) is 0 Å². The fourth-order valence-corrected chi connectivity index (χ4v) is 1.71. The molecule has 2 rings (SSSR count). The van der Waals surface area contributed by atoms with Gasteiger partial charge in [-0.2, -0.15) is 0 Å². The van der Waals surface area contributed by atoms with Gasteiger partial charge in [-0.1, -0.05) is 25.5 Å². The number of nitrogens with two attached hydrogens (primary N) is 1. The average Bonchev–Trinajstić information content (AvgIpc) is 2.65. The van der Waals surface area contributed by atoms with Crippen molar-refractivity contribution in [2.75, 3.05) is 6.79 Å². The summed E-state index contributed by atoms with van der Waals surface area (Å²) in [4.78, 5) is 0. The fraction of sp³-hybridized carbons (Fsp3) is 0.455. The first-order valence-electron chi connectivity index (χ1n) is 4.97. The van der Waals surface area contributed by atoms with Crippen molar-refractivity contribution in [2.45, 2.75) is 25.8 Å². The molecule has 1 aromatic rings. The number of rotatable bonds is 3. The molecule has 0 saturated heterocycles. The van der Waals surface area contributed by atoms with Gasteiger partial charge in [0.1, 0.15) is 0 Å². The first-order chi connectivity index (χ1) is 6.83. The lowest BCUT2D eigenvalue weighted by atomic mass is 10.0. The van der Waals surface area contributed by atoms with Crippen LogP contribution in [0, 0.1) is 0 Å². The SMILES string of the molecule is CCC[C@H](N)c1cccc2c1OCO2.Cl. The molecule has 3 nitrogen and oxygen atoms in total. The molecule has 15 heavy (non-hydrogen) atoms. The molecule has 0 aliphatic carbocycles. The van der Waals surface area contributed by atoms with E-state index < -0.39 is 0 Å². The predicted molar refractivity (Wildman–Crippen MR) is 61.6 cm³/mol. The maximum Gasteiger partial charge on any atom is 0.231 e. The molecule has 1 aliphatic rings. The number of hydrogen-bond donors (Lipinski definition) is 1. The van der Waals surface area contributed by atoms with E-state index in [1.165, 1.54) is 0 Å². The Labute approximate surface area is 96.0 Å². The maximum atomic E-state index is 6.04. The highest BCUT2D eigenvalue weighted by molar-refractivity contribution is 5.85. The van der Waals surface area contributed by atoms with Gasteiger partial charge >= 0.3 is 0 Å². The van der Waals surface area contributed by atoms with Gasteiger partial charge in [0.15, 0.2) is 11.5 Å². The molecule has 0 aromatic heterocycles. The minimum Gasteiger partial charge on any atom is -0.454 e. The van der Waals surface area contributed by atoms with Gasteiger partial charge in [-0.25, -0.2) is 0 Å². The Hall–Kier alpha value is -0.930. The minimum absolute atomic E-state index is 0. The molecule has 1 atom stereocenters. The standard InChI is InChI=1S/C11H15NO2.ClH/c1-2-4-9(12)8-5-3-6-10-11(8)14-7-13-10;/h3,5-6,9H,2,4,7,12H2,1H3;1H/t9-;/m0./s1. The lowest BCUT2D eigenvalue weighted by molar-refractivity contribution is 0.173. The number of halogens is 1. The molecule has 0 bridgehead atoms. The molecule has 1 aromatic carbocycles. The molecule has 1 heterocycles. The van der Waals surface area contributed by atoms with E-state index in [2.05, 4.69) is 6.92 Å². The Bertz CT molecular complexity index is 330. The van der Waals surface area contributed by atoms with Crippen LogP contribution in [0.4, 0.5) is 0 Å². The van der Waals surface area contributed by atoms with Crippen molar-refractivity contribution in [1.82, 2.24) is 0 Å². The van der Waals surface area contributed by atoms with Crippen LogP contribution in [0.2, 0.25) is 0 Å². The average molecular weight is 230 g/mol. The molecule has 0 amide bonds. The van der Waals surface area contributed by atoms with Crippen molar-refractivity contribution >= 4 is 12.4 Å². The lowest BCUT2D eigenvalue weighted by Crippen LogP contribution is -2.10. The summed E-state index contributed by atoms with van der Waals surface area (Å²) in [6.45, 7) is 2.44. The summed E-state index contributed by atoms with van der Waals surface area (Å²) in [5.41, 5.74) is 7.10. The molecule has 0 saturated carbocycles. The van der Waals surface area contributed by atoms with E-state index in [9.17, 15) is 0 Å². The fourth-order valence-electron chi connectivity index (χ4n) is 1.71. The van der Waals surface area contributed by atoms with Gasteiger partial charge in [-0.3, -0.25) is 0 Å². The zero-order valence-corrected chi connectivity index (χ0v) is 9.55. The minimum atomic E-state index is 0. The van der Waals surface area contributed by atoms with Crippen LogP contribution < -0.4 is 15.2 Å². The first-order valence-corrected chi connectivity index (χ1v) is 4.97. The van der Waals surface area contributed by atoms with Crippen LogP contribution in [0.3, 0.4) is 0 Å². The summed E-state index contributed by atoms with van der Waals surface area (Å²) in [6.07, 6.45) is 2.05. The second-order valence-electron chi connectivity index (χ2n) is 3.48. The molecule has 0 fully saturated rings. The van der Waals surface area contributed by atoms with E-state index in [-0.39, 0.29) is 18.4 Å². The van der Waals surface area contributed by atoms with E-state index in [0.29, 0.717) is 6.79 Å². The second kappa shape index (κ2) is 5.24. The quantitative estimate of drug-likeness (QED) is 0.867. The monoisotopic (exact) mass is 229 g/mol. The second-order valence-corrected chi connectivity index (χ2v) is 3.48. The van der Waals surface area contributed by atoms with E-state index >= 15 is 0 Å². The topological polar surface area (TPSA) is 44.5 Å². The predicted octanol–water partition coefficient (Wildman–Crippen LogP) is 2.64. The van der Waals surface area contributed by atoms with Gasteiger partial charge < -0.3 is 15.2 Å². The highest BCUT2D eigenvalue weighted by Gasteiger charge is 2.20. The van der Waals surface area contributed by atoms with Gasteiger partial charge in [-0.15, -0.1) is 12.4 Å². The van der Waals surface area contributed by atoms with Gasteiger partial charge in [0.25, 0.3) is 0 Å². The molecule has 2 N–H and O–H groups in total. The molecule has 84 valence electrons. The van der Waals surface area contributed by atoms with Gasteiger partial charge in [0.2, 0.25) is 6.79 Å². The van der Waals surface area contributed by atoms with Gasteiger partial charge in [-0.05, 0) is 12.5 Å². The van der Waals surface area contributed by atoms with Crippen molar-refractivity contribution in [1.29, 1.82) is 0 Å². The van der Waals surface area contributed by atoms with Crippen molar-refractivity contribution in [3.8, 4) is 11.5 Å². The molecule has 0 unspecified atom stereocenters. The van der Waals surface area contributed by atoms with Crippen LogP contribution >= 0.6 is 12.4 Å². The van der Waals surface area contributed by atoms with Crippen LogP contribution in [0.25, 0.3) is 0 Å². The Kier molecular flexibility index (Phi) is 4.24. The molecular formula is C11H16ClNO2. The maximum absolute atomic E-state index is 6.04. The third kappa shape index (κ3) is 2.36. The summed E-state index contributed by atoms with van der Waals surface area (Å²) < 4.78 is 10.7. The Morgan fingerprint density at radius 1 is 1.40 bits per heavy atom. The lowest BCUT2D eigenvalue weighted by Gasteiger charge is -2.12. The van der Waals surface area contributed by atoms with E-state index in [1.807, 2.05) is 18.2 Å². The summed E-state index contributed by atoms with van der Waals surface area (Å²) in [5.74, 6) is 1.64.